The lowest BCUT2D eigenvalue weighted by molar-refractivity contribution is -0.128. The molecule has 0 bridgehead atoms. The highest BCUT2D eigenvalue weighted by Gasteiger charge is 2.25. The van der Waals surface area contributed by atoms with Crippen molar-refractivity contribution in [3.63, 3.8) is 0 Å². The van der Waals surface area contributed by atoms with E-state index in [1.165, 1.54) is 12.3 Å². The quantitative estimate of drug-likeness (QED) is 0.707. The number of furan rings is 1. The second-order valence-corrected chi connectivity index (χ2v) is 3.55. The number of hydrogen-bond acceptors (Lipinski definition) is 3. The first-order chi connectivity index (χ1) is 7.27. The number of rotatable bonds is 2. The third kappa shape index (κ3) is 2.18. The zero-order valence-corrected chi connectivity index (χ0v) is 8.16. The molecule has 0 aliphatic heterocycles. The van der Waals surface area contributed by atoms with Crippen LogP contribution in [0.3, 0.4) is 0 Å². The monoisotopic (exact) mass is 208 g/mol. The highest BCUT2D eigenvalue weighted by molar-refractivity contribution is 5.93. The third-order valence-electron chi connectivity index (χ3n) is 2.52. The highest BCUT2D eigenvalue weighted by Crippen LogP contribution is 2.25. The number of hydrazine groups is 1. The molecule has 5 heteroatoms. The first-order valence-electron chi connectivity index (χ1n) is 4.91. The van der Waals surface area contributed by atoms with Crippen molar-refractivity contribution in [1.29, 1.82) is 0 Å². The number of amides is 2. The largest absolute Gasteiger partial charge is 0.459 e. The fraction of sp³-hybridized carbons (Fsp3) is 0.400. The van der Waals surface area contributed by atoms with Gasteiger partial charge in [-0.3, -0.25) is 20.4 Å². The van der Waals surface area contributed by atoms with Crippen LogP contribution in [0.25, 0.3) is 0 Å². The van der Waals surface area contributed by atoms with E-state index < -0.39 is 5.91 Å². The molecule has 2 amide bonds. The fourth-order valence-electron chi connectivity index (χ4n) is 1.36. The fourth-order valence-corrected chi connectivity index (χ4v) is 1.36. The van der Waals surface area contributed by atoms with Gasteiger partial charge in [-0.2, -0.15) is 0 Å². The molecule has 15 heavy (non-hydrogen) atoms. The number of carbonyl (C=O) groups is 2. The van der Waals surface area contributed by atoms with Crippen molar-refractivity contribution in [2.75, 3.05) is 0 Å². The maximum absolute atomic E-state index is 11.3. The highest BCUT2D eigenvalue weighted by atomic mass is 16.3. The first-order valence-corrected chi connectivity index (χ1v) is 4.91. The van der Waals surface area contributed by atoms with Gasteiger partial charge in [-0.1, -0.05) is 6.42 Å². The van der Waals surface area contributed by atoms with E-state index in [2.05, 4.69) is 10.9 Å². The summed E-state index contributed by atoms with van der Waals surface area (Å²) in [5.74, 6) is -0.320. The zero-order chi connectivity index (χ0) is 10.7. The van der Waals surface area contributed by atoms with Gasteiger partial charge in [0.2, 0.25) is 5.91 Å². The summed E-state index contributed by atoms with van der Waals surface area (Å²) >= 11 is 0. The van der Waals surface area contributed by atoms with Crippen LogP contribution in [0, 0.1) is 5.92 Å². The molecule has 1 aliphatic rings. The Hall–Kier alpha value is -1.78. The Morgan fingerprint density at radius 1 is 1.33 bits per heavy atom. The minimum Gasteiger partial charge on any atom is -0.459 e. The van der Waals surface area contributed by atoms with Gasteiger partial charge in [0.1, 0.15) is 0 Å². The van der Waals surface area contributed by atoms with Gasteiger partial charge in [-0.25, -0.2) is 0 Å². The molecule has 0 aromatic carbocycles. The minimum atomic E-state index is -0.437. The van der Waals surface area contributed by atoms with Crippen LogP contribution >= 0.6 is 0 Å². The smallest absolute Gasteiger partial charge is 0.305 e. The Kier molecular flexibility index (Phi) is 2.71. The van der Waals surface area contributed by atoms with Gasteiger partial charge in [0, 0.05) is 5.92 Å². The SMILES string of the molecule is O=C(NNC(=O)C1CCC1)c1ccco1. The van der Waals surface area contributed by atoms with E-state index in [-0.39, 0.29) is 17.6 Å². The molecule has 0 atom stereocenters. The van der Waals surface area contributed by atoms with Gasteiger partial charge in [0.15, 0.2) is 5.76 Å². The predicted molar refractivity (Wildman–Crippen MR) is 51.7 cm³/mol. The van der Waals surface area contributed by atoms with Gasteiger partial charge in [-0.15, -0.1) is 0 Å². The second-order valence-electron chi connectivity index (χ2n) is 3.55. The average molecular weight is 208 g/mol. The summed E-state index contributed by atoms with van der Waals surface area (Å²) in [4.78, 5) is 22.7. The predicted octanol–water partition coefficient (Wildman–Crippen LogP) is 0.841. The maximum atomic E-state index is 11.3. The Balaban J connectivity index is 1.78. The summed E-state index contributed by atoms with van der Waals surface area (Å²) in [5.41, 5.74) is 4.68. The molecule has 80 valence electrons. The van der Waals surface area contributed by atoms with E-state index in [1.807, 2.05) is 0 Å². The second kappa shape index (κ2) is 4.16. The summed E-state index contributed by atoms with van der Waals surface area (Å²) in [5, 5.41) is 0. The summed E-state index contributed by atoms with van der Waals surface area (Å²) in [6, 6.07) is 3.15. The van der Waals surface area contributed by atoms with Gasteiger partial charge >= 0.3 is 5.91 Å². The average Bonchev–Trinajstić information content (AvgIpc) is 2.63. The van der Waals surface area contributed by atoms with E-state index in [1.54, 1.807) is 6.07 Å². The number of nitrogens with one attached hydrogen (secondary N) is 2. The molecule has 0 spiro atoms. The molecule has 1 aromatic rings. The molecule has 2 rings (SSSR count). The molecule has 1 heterocycles. The van der Waals surface area contributed by atoms with Crippen LogP contribution < -0.4 is 10.9 Å². The van der Waals surface area contributed by atoms with Crippen LogP contribution in [0.1, 0.15) is 29.8 Å². The molecule has 1 aromatic heterocycles. The van der Waals surface area contributed by atoms with Gasteiger partial charge in [0.05, 0.1) is 6.26 Å². The first kappa shape index (κ1) is 9.76. The zero-order valence-electron chi connectivity index (χ0n) is 8.16. The summed E-state index contributed by atoms with van der Waals surface area (Å²) < 4.78 is 4.87. The van der Waals surface area contributed by atoms with Gasteiger partial charge < -0.3 is 4.42 Å². The molecule has 1 saturated carbocycles. The van der Waals surface area contributed by atoms with E-state index in [9.17, 15) is 9.59 Å². The lowest BCUT2D eigenvalue weighted by atomic mass is 9.85. The molecular formula is C10H12N2O3. The molecule has 0 unspecified atom stereocenters. The summed E-state index contributed by atoms with van der Waals surface area (Å²) in [6.45, 7) is 0. The molecule has 5 nitrogen and oxygen atoms in total. The van der Waals surface area contributed by atoms with Gasteiger partial charge in [0.25, 0.3) is 0 Å². The van der Waals surface area contributed by atoms with Crippen molar-refractivity contribution in [2.45, 2.75) is 19.3 Å². The van der Waals surface area contributed by atoms with E-state index in [0.29, 0.717) is 0 Å². The minimum absolute atomic E-state index is 0.0573. The van der Waals surface area contributed by atoms with Crippen LogP contribution in [0.5, 0.6) is 0 Å². The normalized spacial score (nSPS) is 15.5. The van der Waals surface area contributed by atoms with Gasteiger partial charge in [-0.05, 0) is 25.0 Å². The molecule has 0 radical (unpaired) electrons. The molecule has 0 saturated heterocycles. The van der Waals surface area contributed by atoms with Crippen LogP contribution in [0.4, 0.5) is 0 Å². The van der Waals surface area contributed by atoms with Crippen molar-refractivity contribution < 1.29 is 14.0 Å². The Bertz CT molecular complexity index is 355. The lowest BCUT2D eigenvalue weighted by Gasteiger charge is -2.23. The maximum Gasteiger partial charge on any atom is 0.305 e. The van der Waals surface area contributed by atoms with Crippen molar-refractivity contribution >= 4 is 11.8 Å². The van der Waals surface area contributed by atoms with E-state index in [0.717, 1.165) is 19.3 Å². The third-order valence-corrected chi connectivity index (χ3v) is 2.52. The Labute approximate surface area is 86.8 Å². The van der Waals surface area contributed by atoms with E-state index >= 15 is 0 Å². The van der Waals surface area contributed by atoms with Crippen molar-refractivity contribution in [1.82, 2.24) is 10.9 Å². The lowest BCUT2D eigenvalue weighted by Crippen LogP contribution is -2.45. The number of hydrogen-bond donors (Lipinski definition) is 2. The van der Waals surface area contributed by atoms with Crippen LogP contribution in [-0.2, 0) is 4.79 Å². The van der Waals surface area contributed by atoms with Crippen LogP contribution in [-0.4, -0.2) is 11.8 Å². The van der Waals surface area contributed by atoms with Crippen molar-refractivity contribution in [3.05, 3.63) is 24.2 Å². The van der Waals surface area contributed by atoms with Crippen molar-refractivity contribution in [2.24, 2.45) is 5.92 Å². The number of carbonyl (C=O) groups excluding carboxylic acids is 2. The van der Waals surface area contributed by atoms with Crippen molar-refractivity contribution in [3.8, 4) is 0 Å². The van der Waals surface area contributed by atoms with E-state index in [4.69, 9.17) is 4.42 Å². The molecular weight excluding hydrogens is 196 g/mol. The Morgan fingerprint density at radius 2 is 2.13 bits per heavy atom. The molecule has 1 fully saturated rings. The summed E-state index contributed by atoms with van der Waals surface area (Å²) in [7, 11) is 0. The molecule has 2 N–H and O–H groups in total. The van der Waals surface area contributed by atoms with Crippen LogP contribution in [0.2, 0.25) is 0 Å². The standard InChI is InChI=1S/C10H12N2O3/c13-9(7-3-1-4-7)11-12-10(14)8-5-2-6-15-8/h2,5-7H,1,3-4H2,(H,11,13)(H,12,14). The summed E-state index contributed by atoms with van der Waals surface area (Å²) in [6.07, 6.45) is 4.30. The topological polar surface area (TPSA) is 71.3 Å². The molecule has 1 aliphatic carbocycles. The Morgan fingerprint density at radius 3 is 2.67 bits per heavy atom. The van der Waals surface area contributed by atoms with Crippen LogP contribution in [0.15, 0.2) is 22.8 Å².